The molecular formula is C20H20N4O3S2. The molecule has 0 atom stereocenters. The molecule has 0 aliphatic heterocycles. The molecule has 0 fully saturated rings. The Morgan fingerprint density at radius 1 is 1.00 bits per heavy atom. The second kappa shape index (κ2) is 9.06. The second-order valence-corrected chi connectivity index (χ2v) is 9.24. The van der Waals surface area contributed by atoms with E-state index in [1.807, 2.05) is 30.3 Å². The molecular weight excluding hydrogens is 408 g/mol. The van der Waals surface area contributed by atoms with Crippen LogP contribution in [0.3, 0.4) is 0 Å². The molecule has 7 nitrogen and oxygen atoms in total. The largest absolute Gasteiger partial charge is 0.305 e. The van der Waals surface area contributed by atoms with Crippen molar-refractivity contribution in [1.29, 1.82) is 0 Å². The number of amides is 1. The maximum absolute atomic E-state index is 12.7. The van der Waals surface area contributed by atoms with Gasteiger partial charge in [-0.2, -0.15) is 0 Å². The van der Waals surface area contributed by atoms with Gasteiger partial charge in [0, 0.05) is 12.8 Å². The van der Waals surface area contributed by atoms with Gasteiger partial charge in [0.05, 0.1) is 17.5 Å². The molecule has 1 heterocycles. The van der Waals surface area contributed by atoms with Crippen molar-refractivity contribution in [1.82, 2.24) is 10.2 Å². The molecule has 0 aliphatic carbocycles. The summed E-state index contributed by atoms with van der Waals surface area (Å²) < 4.78 is 24.7. The van der Waals surface area contributed by atoms with Crippen LogP contribution in [0.5, 0.6) is 0 Å². The summed E-state index contributed by atoms with van der Waals surface area (Å²) in [5, 5.41) is 11.6. The Morgan fingerprint density at radius 2 is 1.69 bits per heavy atom. The van der Waals surface area contributed by atoms with Crippen LogP contribution < -0.4 is 9.62 Å². The number of benzene rings is 2. The highest BCUT2D eigenvalue weighted by atomic mass is 32.2. The number of thioether (sulfide) groups is 1. The number of nitrogens with zero attached hydrogens (tertiary/aromatic N) is 3. The zero-order chi connectivity index (χ0) is 20.9. The fourth-order valence-corrected chi connectivity index (χ4v) is 3.78. The van der Waals surface area contributed by atoms with Gasteiger partial charge in [0.15, 0.2) is 5.82 Å². The van der Waals surface area contributed by atoms with Gasteiger partial charge < -0.3 is 5.32 Å². The highest BCUT2D eigenvalue weighted by molar-refractivity contribution is 7.98. The van der Waals surface area contributed by atoms with Crippen LogP contribution in [-0.4, -0.2) is 37.8 Å². The summed E-state index contributed by atoms with van der Waals surface area (Å²) in [6.45, 7) is 0. The number of hydrogen-bond acceptors (Lipinski definition) is 6. The molecule has 2 aromatic carbocycles. The summed E-state index contributed by atoms with van der Waals surface area (Å²) in [4.78, 5) is 12.7. The van der Waals surface area contributed by atoms with Crippen molar-refractivity contribution in [3.8, 4) is 0 Å². The molecule has 1 N–H and O–H groups in total. The minimum atomic E-state index is -3.50. The number of hydrogen-bond donors (Lipinski definition) is 1. The van der Waals surface area contributed by atoms with Crippen molar-refractivity contribution >= 4 is 39.2 Å². The first kappa shape index (κ1) is 20.8. The Hall–Kier alpha value is -2.91. The fourth-order valence-electron chi connectivity index (χ4n) is 2.50. The molecule has 29 heavy (non-hydrogen) atoms. The van der Waals surface area contributed by atoms with Crippen LogP contribution >= 0.6 is 11.8 Å². The van der Waals surface area contributed by atoms with Gasteiger partial charge in [0.25, 0.3) is 5.91 Å². The van der Waals surface area contributed by atoms with Crippen LogP contribution in [0.2, 0.25) is 0 Å². The van der Waals surface area contributed by atoms with E-state index < -0.39 is 15.9 Å². The van der Waals surface area contributed by atoms with Crippen molar-refractivity contribution in [2.24, 2.45) is 0 Å². The van der Waals surface area contributed by atoms with Gasteiger partial charge in [-0.1, -0.05) is 54.2 Å². The third-order valence-electron chi connectivity index (χ3n) is 4.10. The fraction of sp³-hybridized carbons (Fsp3) is 0.150. The Balaban J connectivity index is 1.69. The highest BCUT2D eigenvalue weighted by Crippen LogP contribution is 2.23. The minimum absolute atomic E-state index is 0.227. The molecule has 3 aromatic rings. The van der Waals surface area contributed by atoms with E-state index in [1.54, 1.807) is 48.2 Å². The summed E-state index contributed by atoms with van der Waals surface area (Å²) in [5.74, 6) is 0.595. The van der Waals surface area contributed by atoms with Gasteiger partial charge in [0.1, 0.15) is 5.03 Å². The number of sulfonamides is 1. The van der Waals surface area contributed by atoms with Gasteiger partial charge in [-0.3, -0.25) is 9.10 Å². The predicted molar refractivity (Wildman–Crippen MR) is 116 cm³/mol. The van der Waals surface area contributed by atoms with E-state index in [0.717, 1.165) is 21.3 Å². The molecule has 9 heteroatoms. The Labute approximate surface area is 174 Å². The van der Waals surface area contributed by atoms with Crippen molar-refractivity contribution in [3.05, 3.63) is 77.9 Å². The van der Waals surface area contributed by atoms with Crippen molar-refractivity contribution in [3.63, 3.8) is 0 Å². The SMILES string of the molecule is CN(c1ccccc1C(=O)Nc1ccc(SCc2ccccc2)nn1)S(C)(=O)=O. The number of anilines is 2. The van der Waals surface area contributed by atoms with E-state index in [0.29, 0.717) is 0 Å². The lowest BCUT2D eigenvalue weighted by Crippen LogP contribution is -2.27. The molecule has 3 rings (SSSR count). The zero-order valence-electron chi connectivity index (χ0n) is 15.9. The third kappa shape index (κ3) is 5.55. The van der Waals surface area contributed by atoms with E-state index in [9.17, 15) is 13.2 Å². The van der Waals surface area contributed by atoms with Gasteiger partial charge in [-0.05, 0) is 29.8 Å². The topological polar surface area (TPSA) is 92.3 Å². The number of nitrogens with one attached hydrogen (secondary N) is 1. The van der Waals surface area contributed by atoms with E-state index in [4.69, 9.17) is 0 Å². The average molecular weight is 429 g/mol. The van der Waals surface area contributed by atoms with Crippen molar-refractivity contribution in [2.75, 3.05) is 22.9 Å². The second-order valence-electron chi connectivity index (χ2n) is 6.23. The molecule has 0 aliphatic rings. The average Bonchev–Trinajstić information content (AvgIpc) is 2.73. The Morgan fingerprint density at radius 3 is 2.34 bits per heavy atom. The van der Waals surface area contributed by atoms with Crippen LogP contribution in [-0.2, 0) is 15.8 Å². The van der Waals surface area contributed by atoms with Gasteiger partial charge in [-0.25, -0.2) is 8.42 Å². The molecule has 1 aromatic heterocycles. The quantitative estimate of drug-likeness (QED) is 0.580. The van der Waals surface area contributed by atoms with Crippen molar-refractivity contribution < 1.29 is 13.2 Å². The predicted octanol–water partition coefficient (Wildman–Crippen LogP) is 3.42. The summed E-state index contributed by atoms with van der Waals surface area (Å²) in [5.41, 5.74) is 1.70. The normalized spacial score (nSPS) is 11.1. The highest BCUT2D eigenvalue weighted by Gasteiger charge is 2.19. The minimum Gasteiger partial charge on any atom is -0.305 e. The standard InChI is InChI=1S/C20H20N4O3S2/c1-24(29(2,26)27)17-11-7-6-10-16(17)20(25)21-18-12-13-19(23-22-18)28-14-15-8-4-3-5-9-15/h3-13H,14H2,1-2H3,(H,21,22,25). The van der Waals surface area contributed by atoms with Gasteiger partial charge in [-0.15, -0.1) is 10.2 Å². The van der Waals surface area contributed by atoms with Gasteiger partial charge in [0.2, 0.25) is 10.0 Å². The Kier molecular flexibility index (Phi) is 6.50. The summed E-state index contributed by atoms with van der Waals surface area (Å²) in [7, 11) is -2.09. The lowest BCUT2D eigenvalue weighted by molar-refractivity contribution is 0.102. The number of rotatable bonds is 7. The number of carbonyl (C=O) groups is 1. The monoisotopic (exact) mass is 428 g/mol. The molecule has 150 valence electrons. The number of para-hydroxylation sites is 1. The molecule has 0 unspecified atom stereocenters. The first-order valence-electron chi connectivity index (χ1n) is 8.69. The third-order valence-corrected chi connectivity index (χ3v) is 6.28. The van der Waals surface area contributed by atoms with E-state index >= 15 is 0 Å². The molecule has 0 saturated heterocycles. The molecule has 1 amide bonds. The molecule has 0 spiro atoms. The van der Waals surface area contributed by atoms with Gasteiger partial charge >= 0.3 is 0 Å². The lowest BCUT2D eigenvalue weighted by atomic mass is 10.1. The van der Waals surface area contributed by atoms with Crippen LogP contribution in [0.1, 0.15) is 15.9 Å². The summed E-state index contributed by atoms with van der Waals surface area (Å²) in [6, 6.07) is 20.0. The molecule has 0 bridgehead atoms. The first-order valence-corrected chi connectivity index (χ1v) is 11.5. The first-order chi connectivity index (χ1) is 13.8. The lowest BCUT2D eigenvalue weighted by Gasteiger charge is -2.19. The summed E-state index contributed by atoms with van der Waals surface area (Å²) in [6.07, 6.45) is 1.08. The number of carbonyl (C=O) groups excluding carboxylic acids is 1. The number of aromatic nitrogens is 2. The van der Waals surface area contributed by atoms with Crippen LogP contribution in [0.25, 0.3) is 0 Å². The smallest absolute Gasteiger partial charge is 0.259 e. The van der Waals surface area contributed by atoms with Crippen LogP contribution in [0.15, 0.2) is 71.8 Å². The Bertz CT molecular complexity index is 1090. The maximum Gasteiger partial charge on any atom is 0.259 e. The zero-order valence-corrected chi connectivity index (χ0v) is 17.6. The van der Waals surface area contributed by atoms with Crippen molar-refractivity contribution in [2.45, 2.75) is 10.8 Å². The van der Waals surface area contributed by atoms with Crippen LogP contribution in [0, 0.1) is 0 Å². The molecule has 0 saturated carbocycles. The summed E-state index contributed by atoms with van der Waals surface area (Å²) >= 11 is 1.55. The van der Waals surface area contributed by atoms with E-state index in [-0.39, 0.29) is 17.1 Å². The maximum atomic E-state index is 12.7. The molecule has 0 radical (unpaired) electrons. The van der Waals surface area contributed by atoms with E-state index in [2.05, 4.69) is 15.5 Å². The van der Waals surface area contributed by atoms with E-state index in [1.165, 1.54) is 12.6 Å². The van der Waals surface area contributed by atoms with Crippen LogP contribution in [0.4, 0.5) is 11.5 Å².